The first-order valence-electron chi connectivity index (χ1n) is 9.96. The number of anilines is 1. The summed E-state index contributed by atoms with van der Waals surface area (Å²) in [5.41, 5.74) is -3.39. The van der Waals surface area contributed by atoms with Gasteiger partial charge in [0, 0.05) is 20.0 Å². The number of halogens is 5. The molecule has 3 rings (SSSR count). The van der Waals surface area contributed by atoms with E-state index in [1.807, 2.05) is 5.32 Å². The molecule has 0 saturated heterocycles. The Morgan fingerprint density at radius 1 is 1.19 bits per heavy atom. The number of ether oxygens (including phenoxy) is 3. The SMILES string of the molecule is CC(=O)NC(=O)COC(=O)C1(C)Oc2cc(Oc3c(F)cc(C(F)(F)F)cc3Cl)ccc2N(C)C1=O. The number of likely N-dealkylation sites (N-methyl/N-ethyl adjacent to an activating group) is 1. The Hall–Kier alpha value is -3.87. The number of fused-ring (bicyclic) bond motifs is 1. The Labute approximate surface area is 205 Å². The Morgan fingerprint density at radius 2 is 1.86 bits per heavy atom. The molecule has 0 bridgehead atoms. The van der Waals surface area contributed by atoms with Crippen molar-refractivity contribution in [3.63, 3.8) is 0 Å². The van der Waals surface area contributed by atoms with Gasteiger partial charge in [0.1, 0.15) is 11.5 Å². The van der Waals surface area contributed by atoms with Gasteiger partial charge in [0.25, 0.3) is 17.4 Å². The van der Waals surface area contributed by atoms with E-state index >= 15 is 0 Å². The highest BCUT2D eigenvalue weighted by atomic mass is 35.5. The molecule has 1 atom stereocenters. The average Bonchev–Trinajstić information content (AvgIpc) is 2.77. The number of alkyl halides is 3. The number of rotatable bonds is 5. The van der Waals surface area contributed by atoms with Gasteiger partial charge in [0.05, 0.1) is 16.3 Å². The lowest BCUT2D eigenvalue weighted by Crippen LogP contribution is -2.58. The molecule has 1 unspecified atom stereocenters. The van der Waals surface area contributed by atoms with Gasteiger partial charge < -0.3 is 19.1 Å². The zero-order valence-electron chi connectivity index (χ0n) is 18.8. The predicted octanol–water partition coefficient (Wildman–Crippen LogP) is 3.61. The summed E-state index contributed by atoms with van der Waals surface area (Å²) in [7, 11) is 1.32. The van der Waals surface area contributed by atoms with Crippen molar-refractivity contribution in [3.8, 4) is 17.2 Å². The molecular weight excluding hydrogens is 516 g/mol. The maximum atomic E-state index is 14.3. The van der Waals surface area contributed by atoms with E-state index in [2.05, 4.69) is 0 Å². The van der Waals surface area contributed by atoms with Gasteiger partial charge in [0.15, 0.2) is 18.2 Å². The van der Waals surface area contributed by atoms with Gasteiger partial charge >= 0.3 is 12.1 Å². The lowest BCUT2D eigenvalue weighted by atomic mass is 10.0. The molecule has 0 fully saturated rings. The fourth-order valence-corrected chi connectivity index (χ4v) is 3.43. The fraction of sp³-hybridized carbons (Fsp3) is 0.273. The van der Waals surface area contributed by atoms with Crippen LogP contribution in [-0.4, -0.2) is 42.9 Å². The molecule has 2 aromatic carbocycles. The van der Waals surface area contributed by atoms with E-state index in [-0.39, 0.29) is 23.3 Å². The number of carbonyl (C=O) groups excluding carboxylic acids is 4. The van der Waals surface area contributed by atoms with Gasteiger partial charge in [-0.1, -0.05) is 11.6 Å². The maximum absolute atomic E-state index is 14.3. The number of nitrogens with zero attached hydrogens (tertiary/aromatic N) is 1. The van der Waals surface area contributed by atoms with E-state index in [0.717, 1.165) is 24.8 Å². The highest BCUT2D eigenvalue weighted by Gasteiger charge is 2.51. The zero-order valence-corrected chi connectivity index (χ0v) is 19.5. The number of carbonyl (C=O) groups is 4. The summed E-state index contributed by atoms with van der Waals surface area (Å²) >= 11 is 5.79. The first-order valence-corrected chi connectivity index (χ1v) is 10.3. The molecule has 1 aliphatic heterocycles. The van der Waals surface area contributed by atoms with Gasteiger partial charge in [-0.2, -0.15) is 13.2 Å². The van der Waals surface area contributed by atoms with Crippen LogP contribution in [-0.2, 0) is 30.1 Å². The molecule has 36 heavy (non-hydrogen) atoms. The Balaban J connectivity index is 1.86. The van der Waals surface area contributed by atoms with Crippen molar-refractivity contribution in [2.24, 2.45) is 0 Å². The molecule has 9 nitrogen and oxygen atoms in total. The third-order valence-corrected chi connectivity index (χ3v) is 5.19. The van der Waals surface area contributed by atoms with Crippen LogP contribution in [0.2, 0.25) is 5.02 Å². The van der Waals surface area contributed by atoms with Crippen molar-refractivity contribution in [2.45, 2.75) is 25.6 Å². The zero-order chi connectivity index (χ0) is 27.0. The summed E-state index contributed by atoms with van der Waals surface area (Å²) in [5, 5.41) is 1.24. The van der Waals surface area contributed by atoms with Crippen molar-refractivity contribution in [3.05, 3.63) is 46.7 Å². The minimum Gasteiger partial charge on any atom is -0.463 e. The molecule has 0 aliphatic carbocycles. The van der Waals surface area contributed by atoms with E-state index in [1.165, 1.54) is 19.2 Å². The first-order chi connectivity index (χ1) is 16.6. The third kappa shape index (κ3) is 5.35. The highest BCUT2D eigenvalue weighted by molar-refractivity contribution is 6.32. The lowest BCUT2D eigenvalue weighted by molar-refractivity contribution is -0.168. The number of hydrogen-bond donors (Lipinski definition) is 1. The molecule has 14 heteroatoms. The van der Waals surface area contributed by atoms with Crippen LogP contribution < -0.4 is 19.7 Å². The third-order valence-electron chi connectivity index (χ3n) is 4.90. The maximum Gasteiger partial charge on any atom is 0.416 e. The molecule has 1 aliphatic rings. The largest absolute Gasteiger partial charge is 0.463 e. The monoisotopic (exact) mass is 532 g/mol. The summed E-state index contributed by atoms with van der Waals surface area (Å²) in [6.45, 7) is 1.29. The standard InChI is InChI=1S/C22H17ClF4N2O7/c1-10(30)28-17(31)9-34-20(33)21(2)19(32)29(3)15-5-4-12(8-16(15)36-21)35-18-13(23)6-11(7-14(18)24)22(25,26)27/h4-8H,9H2,1-3H3,(H,28,30,31). The van der Waals surface area contributed by atoms with Gasteiger partial charge in [-0.25, -0.2) is 9.18 Å². The normalized spacial score (nSPS) is 17.1. The second kappa shape index (κ2) is 9.64. The predicted molar refractivity (Wildman–Crippen MR) is 115 cm³/mol. The van der Waals surface area contributed by atoms with Crippen LogP contribution in [0.4, 0.5) is 23.2 Å². The molecule has 0 radical (unpaired) electrons. The molecule has 2 aromatic rings. The first kappa shape index (κ1) is 26.7. The van der Waals surface area contributed by atoms with Gasteiger partial charge in [-0.3, -0.25) is 19.7 Å². The van der Waals surface area contributed by atoms with Crippen molar-refractivity contribution >= 4 is 41.0 Å². The van der Waals surface area contributed by atoms with E-state index in [1.54, 1.807) is 0 Å². The number of hydrogen-bond acceptors (Lipinski definition) is 7. The van der Waals surface area contributed by atoms with Crippen LogP contribution in [0.5, 0.6) is 17.2 Å². The number of imide groups is 1. The van der Waals surface area contributed by atoms with E-state index in [9.17, 15) is 36.7 Å². The Bertz CT molecular complexity index is 1240. The van der Waals surface area contributed by atoms with Crippen LogP contribution in [0, 0.1) is 5.82 Å². The minimum atomic E-state index is -4.83. The number of amides is 3. The van der Waals surface area contributed by atoms with E-state index in [4.69, 9.17) is 25.8 Å². The van der Waals surface area contributed by atoms with Gasteiger partial charge in [-0.15, -0.1) is 0 Å². The van der Waals surface area contributed by atoms with Crippen LogP contribution in [0.1, 0.15) is 19.4 Å². The quantitative estimate of drug-likeness (QED) is 0.356. The Morgan fingerprint density at radius 3 is 2.44 bits per heavy atom. The van der Waals surface area contributed by atoms with Crippen LogP contribution >= 0.6 is 11.6 Å². The molecule has 0 spiro atoms. The van der Waals surface area contributed by atoms with E-state index in [0.29, 0.717) is 6.07 Å². The summed E-state index contributed by atoms with van der Waals surface area (Å²) in [6.07, 6.45) is -4.83. The smallest absolute Gasteiger partial charge is 0.416 e. The average molecular weight is 533 g/mol. The summed E-state index contributed by atoms with van der Waals surface area (Å²) in [5.74, 6) is -6.02. The lowest BCUT2D eigenvalue weighted by Gasteiger charge is -2.37. The molecule has 192 valence electrons. The summed E-state index contributed by atoms with van der Waals surface area (Å²) < 4.78 is 68.6. The van der Waals surface area contributed by atoms with Gasteiger partial charge in [0.2, 0.25) is 5.91 Å². The van der Waals surface area contributed by atoms with Crippen LogP contribution in [0.25, 0.3) is 0 Å². The fourth-order valence-electron chi connectivity index (χ4n) is 3.18. The molecule has 1 N–H and O–H groups in total. The molecule has 1 heterocycles. The number of benzene rings is 2. The van der Waals surface area contributed by atoms with Crippen molar-refractivity contribution in [1.29, 1.82) is 0 Å². The molecule has 0 saturated carbocycles. The van der Waals surface area contributed by atoms with E-state index < -0.39 is 64.2 Å². The number of nitrogens with one attached hydrogen (secondary N) is 1. The molecule has 3 amide bonds. The van der Waals surface area contributed by atoms with Crippen LogP contribution in [0.15, 0.2) is 30.3 Å². The van der Waals surface area contributed by atoms with Crippen molar-refractivity contribution in [1.82, 2.24) is 5.32 Å². The van der Waals surface area contributed by atoms with Crippen molar-refractivity contribution in [2.75, 3.05) is 18.6 Å². The number of esters is 1. The second-order valence-electron chi connectivity index (χ2n) is 7.68. The van der Waals surface area contributed by atoms with Gasteiger partial charge in [-0.05, 0) is 31.2 Å². The summed E-state index contributed by atoms with van der Waals surface area (Å²) in [4.78, 5) is 49.0. The summed E-state index contributed by atoms with van der Waals surface area (Å²) in [6, 6.07) is 4.46. The van der Waals surface area contributed by atoms with Crippen molar-refractivity contribution < 1.29 is 51.0 Å². The molecule has 0 aromatic heterocycles. The topological polar surface area (TPSA) is 111 Å². The van der Waals surface area contributed by atoms with Crippen LogP contribution in [0.3, 0.4) is 0 Å². The minimum absolute atomic E-state index is 0.106. The molecular formula is C22H17ClF4N2O7. The highest BCUT2D eigenvalue weighted by Crippen LogP contribution is 2.43. The Kier molecular flexibility index (Phi) is 7.16. The second-order valence-corrected chi connectivity index (χ2v) is 8.09.